The van der Waals surface area contributed by atoms with E-state index in [1.54, 1.807) is 6.26 Å². The van der Waals surface area contributed by atoms with Gasteiger partial charge in [0.25, 0.3) is 0 Å². The molecule has 0 radical (unpaired) electrons. The molecule has 0 aliphatic carbocycles. The second-order valence-electron chi connectivity index (χ2n) is 6.17. The van der Waals surface area contributed by atoms with Crippen molar-refractivity contribution >= 4 is 25.6 Å². The van der Waals surface area contributed by atoms with E-state index in [9.17, 15) is 13.2 Å². The third-order valence-electron chi connectivity index (χ3n) is 4.04. The van der Waals surface area contributed by atoms with Crippen LogP contribution in [0.4, 0.5) is 0 Å². The van der Waals surface area contributed by atoms with Crippen LogP contribution in [-0.2, 0) is 13.7 Å². The van der Waals surface area contributed by atoms with Crippen LogP contribution in [0.1, 0.15) is 89.9 Å². The smallest absolute Gasteiger partial charge is 0.303 e. The van der Waals surface area contributed by atoms with E-state index in [1.807, 2.05) is 0 Å². The number of carboxylic acids is 1. The van der Waals surface area contributed by atoms with Crippen LogP contribution in [0.3, 0.4) is 0 Å². The van der Waals surface area contributed by atoms with Gasteiger partial charge in [-0.3, -0.25) is 4.79 Å². The predicted octanol–water partition coefficient (Wildman–Crippen LogP) is 5.23. The molecule has 0 amide bonds. The van der Waals surface area contributed by atoms with Gasteiger partial charge in [-0.25, -0.2) is 8.42 Å². The molecular weight excluding hydrogens is 332 g/mol. The Kier molecular flexibility index (Phi) is 15.2. The Hall–Kier alpha value is -0.230. The molecule has 4 nitrogen and oxygen atoms in total. The first-order chi connectivity index (χ1) is 11.0. The molecule has 0 aromatic rings. The lowest BCUT2D eigenvalue weighted by Crippen LogP contribution is -1.99. The summed E-state index contributed by atoms with van der Waals surface area (Å²) < 4.78 is 22.6. The fourth-order valence-electron chi connectivity index (χ4n) is 2.58. The lowest BCUT2D eigenvalue weighted by Gasteiger charge is -2.03. The van der Waals surface area contributed by atoms with Crippen LogP contribution >= 0.6 is 10.8 Å². The van der Waals surface area contributed by atoms with Gasteiger partial charge in [-0.05, 0) is 29.9 Å². The van der Waals surface area contributed by atoms with Crippen LogP contribution in [-0.4, -0.2) is 31.5 Å². The monoisotopic (exact) mass is 366 g/mol. The van der Waals surface area contributed by atoms with Crippen LogP contribution in [0.25, 0.3) is 0 Å². The summed E-state index contributed by atoms with van der Waals surface area (Å²) >= 11 is 0. The van der Waals surface area contributed by atoms with Crippen molar-refractivity contribution in [2.45, 2.75) is 89.9 Å². The molecule has 1 N–H and O–H groups in total. The van der Waals surface area contributed by atoms with Crippen LogP contribution in [0.2, 0.25) is 0 Å². The summed E-state index contributed by atoms with van der Waals surface area (Å²) in [4.78, 5) is 10.3. The number of unbranched alkanes of at least 4 members (excludes halogenated alkanes) is 12. The normalized spacial score (nSPS) is 11.7. The number of hydrogen-bond acceptors (Lipinski definition) is 4. The van der Waals surface area contributed by atoms with Gasteiger partial charge >= 0.3 is 5.97 Å². The first-order valence-corrected chi connectivity index (χ1v) is 12.4. The first kappa shape index (κ1) is 22.8. The maximum atomic E-state index is 11.3. The largest absolute Gasteiger partial charge is 0.481 e. The van der Waals surface area contributed by atoms with Gasteiger partial charge in [-0.1, -0.05) is 70.6 Å². The third-order valence-corrected chi connectivity index (χ3v) is 7.36. The zero-order valence-corrected chi connectivity index (χ0v) is 16.2. The van der Waals surface area contributed by atoms with E-state index >= 15 is 0 Å². The highest BCUT2D eigenvalue weighted by atomic mass is 33.1. The van der Waals surface area contributed by atoms with E-state index in [1.165, 1.54) is 44.9 Å². The summed E-state index contributed by atoms with van der Waals surface area (Å²) in [5.41, 5.74) is 0. The standard InChI is InChI=1S/C17H34O4S2/c1-22-23(20,21)16-14-12-10-8-6-4-2-3-5-7-9-11-13-15-17(18)19/h2-16H2,1H3,(H,18,19). The molecule has 0 aliphatic rings. The van der Waals surface area contributed by atoms with Crippen molar-refractivity contribution in [3.63, 3.8) is 0 Å². The van der Waals surface area contributed by atoms with E-state index in [0.717, 1.165) is 49.3 Å². The molecule has 0 saturated heterocycles. The summed E-state index contributed by atoms with van der Waals surface area (Å²) in [6.07, 6.45) is 16.7. The number of aliphatic carboxylic acids is 1. The highest BCUT2D eigenvalue weighted by molar-refractivity contribution is 8.71. The van der Waals surface area contributed by atoms with Crippen LogP contribution in [0.15, 0.2) is 0 Å². The Morgan fingerprint density at radius 3 is 1.43 bits per heavy atom. The summed E-state index contributed by atoms with van der Waals surface area (Å²) in [5.74, 6) is -0.364. The molecule has 6 heteroatoms. The minimum Gasteiger partial charge on any atom is -0.481 e. The molecular formula is C17H34O4S2. The van der Waals surface area contributed by atoms with Gasteiger partial charge in [-0.2, -0.15) is 0 Å². The van der Waals surface area contributed by atoms with Crippen LogP contribution < -0.4 is 0 Å². The number of hydrogen-bond donors (Lipinski definition) is 1. The maximum Gasteiger partial charge on any atom is 0.303 e. The van der Waals surface area contributed by atoms with E-state index in [4.69, 9.17) is 5.11 Å². The highest BCUT2D eigenvalue weighted by Crippen LogP contribution is 2.14. The van der Waals surface area contributed by atoms with Crippen molar-refractivity contribution in [1.29, 1.82) is 0 Å². The molecule has 0 aromatic carbocycles. The van der Waals surface area contributed by atoms with Crippen molar-refractivity contribution < 1.29 is 18.3 Å². The molecule has 0 heterocycles. The number of carboxylic acid groups (broad SMARTS) is 1. The van der Waals surface area contributed by atoms with Crippen LogP contribution in [0.5, 0.6) is 0 Å². The quantitative estimate of drug-likeness (QED) is 0.282. The summed E-state index contributed by atoms with van der Waals surface area (Å²) in [6, 6.07) is 0. The second kappa shape index (κ2) is 15.3. The Morgan fingerprint density at radius 1 is 0.739 bits per heavy atom. The predicted molar refractivity (Wildman–Crippen MR) is 99.6 cm³/mol. The second-order valence-corrected chi connectivity index (χ2v) is 10.5. The Labute approximate surface area is 146 Å². The molecule has 23 heavy (non-hydrogen) atoms. The molecule has 0 bridgehead atoms. The molecule has 0 saturated carbocycles. The van der Waals surface area contributed by atoms with Crippen molar-refractivity contribution in [1.82, 2.24) is 0 Å². The SMILES string of the molecule is CSS(=O)(=O)CCCCCCCCCCCCCCCC(=O)O. The fourth-order valence-corrected chi connectivity index (χ4v) is 4.16. The molecule has 0 aliphatic heterocycles. The minimum atomic E-state index is -2.85. The molecule has 0 atom stereocenters. The zero-order valence-electron chi connectivity index (χ0n) is 14.6. The zero-order chi connectivity index (χ0) is 17.4. The molecule has 0 unspecified atom stereocenters. The average Bonchev–Trinajstić information content (AvgIpc) is 2.50. The van der Waals surface area contributed by atoms with Gasteiger partial charge in [0.2, 0.25) is 8.87 Å². The third kappa shape index (κ3) is 18.0. The number of carbonyl (C=O) groups is 1. The maximum absolute atomic E-state index is 11.3. The average molecular weight is 367 g/mol. The summed E-state index contributed by atoms with van der Waals surface area (Å²) in [7, 11) is -1.89. The lowest BCUT2D eigenvalue weighted by molar-refractivity contribution is -0.137. The Bertz CT molecular complexity index is 380. The van der Waals surface area contributed by atoms with Gasteiger partial charge in [0.15, 0.2) is 0 Å². The Balaban J connectivity index is 3.12. The van der Waals surface area contributed by atoms with Gasteiger partial charge in [0, 0.05) is 6.42 Å². The van der Waals surface area contributed by atoms with E-state index < -0.39 is 14.8 Å². The van der Waals surface area contributed by atoms with Gasteiger partial charge in [0.1, 0.15) is 0 Å². The number of rotatable bonds is 17. The van der Waals surface area contributed by atoms with Crippen molar-refractivity contribution in [3.05, 3.63) is 0 Å². The van der Waals surface area contributed by atoms with Crippen molar-refractivity contribution in [2.24, 2.45) is 0 Å². The van der Waals surface area contributed by atoms with E-state index in [2.05, 4.69) is 0 Å². The van der Waals surface area contributed by atoms with Gasteiger partial charge in [-0.15, -0.1) is 0 Å². The molecule has 0 spiro atoms. The molecule has 0 fully saturated rings. The lowest BCUT2D eigenvalue weighted by atomic mass is 10.0. The minimum absolute atomic E-state index is 0.309. The Morgan fingerprint density at radius 2 is 1.09 bits per heavy atom. The topological polar surface area (TPSA) is 71.4 Å². The highest BCUT2D eigenvalue weighted by Gasteiger charge is 2.06. The van der Waals surface area contributed by atoms with E-state index in [-0.39, 0.29) is 0 Å². The van der Waals surface area contributed by atoms with Gasteiger partial charge < -0.3 is 5.11 Å². The van der Waals surface area contributed by atoms with Crippen molar-refractivity contribution in [2.75, 3.05) is 12.0 Å². The summed E-state index contributed by atoms with van der Waals surface area (Å²) in [6.45, 7) is 0. The molecule has 138 valence electrons. The van der Waals surface area contributed by atoms with E-state index in [0.29, 0.717) is 12.2 Å². The van der Waals surface area contributed by atoms with Gasteiger partial charge in [0.05, 0.1) is 5.75 Å². The molecule has 0 aromatic heterocycles. The molecule has 0 rings (SSSR count). The van der Waals surface area contributed by atoms with Crippen LogP contribution in [0, 0.1) is 0 Å². The first-order valence-electron chi connectivity index (χ1n) is 8.98. The summed E-state index contributed by atoms with van der Waals surface area (Å²) in [5, 5.41) is 8.52. The fraction of sp³-hybridized carbons (Fsp3) is 0.941. The van der Waals surface area contributed by atoms with Crippen molar-refractivity contribution in [3.8, 4) is 0 Å².